The molecule has 0 saturated carbocycles. The SMILES string of the molecule is COC(=O)CCc1ccc(OCc2cc(Br)ccc2Cl)cc1. The van der Waals surface area contributed by atoms with Crippen molar-refractivity contribution in [3.8, 4) is 5.75 Å². The van der Waals surface area contributed by atoms with E-state index in [4.69, 9.17) is 16.3 Å². The lowest BCUT2D eigenvalue weighted by Gasteiger charge is -2.09. The van der Waals surface area contributed by atoms with E-state index in [0.29, 0.717) is 24.5 Å². The first kappa shape index (κ1) is 16.8. The lowest BCUT2D eigenvalue weighted by atomic mass is 10.1. The molecule has 2 aromatic carbocycles. The number of halogens is 2. The summed E-state index contributed by atoms with van der Waals surface area (Å²) in [5, 5.41) is 0.679. The van der Waals surface area contributed by atoms with Crippen LogP contribution in [0.25, 0.3) is 0 Å². The molecule has 22 heavy (non-hydrogen) atoms. The molecule has 2 rings (SSSR count). The smallest absolute Gasteiger partial charge is 0.305 e. The van der Waals surface area contributed by atoms with E-state index in [1.54, 1.807) is 0 Å². The van der Waals surface area contributed by atoms with Crippen LogP contribution in [0, 0.1) is 0 Å². The molecule has 5 heteroatoms. The highest BCUT2D eigenvalue weighted by atomic mass is 79.9. The Morgan fingerprint density at radius 1 is 1.18 bits per heavy atom. The van der Waals surface area contributed by atoms with E-state index >= 15 is 0 Å². The average molecular weight is 384 g/mol. The summed E-state index contributed by atoms with van der Waals surface area (Å²) in [6.45, 7) is 0.403. The van der Waals surface area contributed by atoms with Crippen molar-refractivity contribution in [1.29, 1.82) is 0 Å². The average Bonchev–Trinajstić information content (AvgIpc) is 2.54. The maximum atomic E-state index is 11.1. The Labute approximate surface area is 143 Å². The zero-order valence-electron chi connectivity index (χ0n) is 12.1. The van der Waals surface area contributed by atoms with Gasteiger partial charge in [0.05, 0.1) is 7.11 Å². The van der Waals surface area contributed by atoms with Gasteiger partial charge in [0.2, 0.25) is 0 Å². The summed E-state index contributed by atoms with van der Waals surface area (Å²) in [5.41, 5.74) is 1.99. The first-order valence-corrected chi connectivity index (χ1v) is 7.98. The van der Waals surface area contributed by atoms with Crippen molar-refractivity contribution in [3.05, 3.63) is 63.1 Å². The zero-order valence-corrected chi connectivity index (χ0v) is 14.5. The molecule has 0 bridgehead atoms. The minimum Gasteiger partial charge on any atom is -0.489 e. The highest BCUT2D eigenvalue weighted by molar-refractivity contribution is 9.10. The van der Waals surface area contributed by atoms with Gasteiger partial charge in [0.25, 0.3) is 0 Å². The molecule has 0 fully saturated rings. The summed E-state index contributed by atoms with van der Waals surface area (Å²) < 4.78 is 11.3. The molecule has 0 saturated heterocycles. The molecule has 0 heterocycles. The molecule has 0 aliphatic rings. The van der Waals surface area contributed by atoms with Gasteiger partial charge < -0.3 is 9.47 Å². The third-order valence-electron chi connectivity index (χ3n) is 3.17. The molecule has 0 atom stereocenters. The number of aryl methyl sites for hydroxylation is 1. The Bertz CT molecular complexity index is 641. The molecule has 0 aliphatic heterocycles. The Hall–Kier alpha value is -1.52. The summed E-state index contributed by atoms with van der Waals surface area (Å²) in [4.78, 5) is 11.1. The van der Waals surface area contributed by atoms with Gasteiger partial charge in [-0.25, -0.2) is 0 Å². The van der Waals surface area contributed by atoms with Gasteiger partial charge in [-0.15, -0.1) is 0 Å². The number of benzene rings is 2. The van der Waals surface area contributed by atoms with Gasteiger partial charge in [-0.05, 0) is 42.3 Å². The second-order valence-electron chi connectivity index (χ2n) is 4.74. The maximum Gasteiger partial charge on any atom is 0.305 e. The first-order valence-electron chi connectivity index (χ1n) is 6.81. The number of carbonyl (C=O) groups is 1. The lowest BCUT2D eigenvalue weighted by molar-refractivity contribution is -0.140. The number of carbonyl (C=O) groups excluding carboxylic acids is 1. The number of hydrogen-bond donors (Lipinski definition) is 0. The van der Waals surface area contributed by atoms with Crippen LogP contribution in [0.4, 0.5) is 0 Å². The Balaban J connectivity index is 1.91. The van der Waals surface area contributed by atoms with Crippen LogP contribution < -0.4 is 4.74 Å². The van der Waals surface area contributed by atoms with Crippen molar-refractivity contribution in [2.75, 3.05) is 7.11 Å². The van der Waals surface area contributed by atoms with Gasteiger partial charge in [0.1, 0.15) is 12.4 Å². The predicted octanol–water partition coefficient (Wildman–Crippen LogP) is 4.79. The summed E-state index contributed by atoms with van der Waals surface area (Å²) in [6.07, 6.45) is 1.04. The van der Waals surface area contributed by atoms with Crippen molar-refractivity contribution < 1.29 is 14.3 Å². The van der Waals surface area contributed by atoms with Crippen LogP contribution in [0.5, 0.6) is 5.75 Å². The van der Waals surface area contributed by atoms with Crippen LogP contribution in [-0.4, -0.2) is 13.1 Å². The quantitative estimate of drug-likeness (QED) is 0.673. The van der Waals surface area contributed by atoms with Gasteiger partial charge >= 0.3 is 5.97 Å². The van der Waals surface area contributed by atoms with E-state index in [0.717, 1.165) is 21.3 Å². The minimum absolute atomic E-state index is 0.204. The summed E-state index contributed by atoms with van der Waals surface area (Å²) >= 11 is 9.54. The van der Waals surface area contributed by atoms with Crippen LogP contribution in [0.2, 0.25) is 5.02 Å². The fourth-order valence-electron chi connectivity index (χ4n) is 1.92. The van der Waals surface area contributed by atoms with Gasteiger partial charge in [-0.1, -0.05) is 39.7 Å². The number of esters is 1. The fourth-order valence-corrected chi connectivity index (χ4v) is 2.50. The van der Waals surface area contributed by atoms with E-state index < -0.39 is 0 Å². The molecule has 0 unspecified atom stereocenters. The number of ether oxygens (including phenoxy) is 2. The largest absolute Gasteiger partial charge is 0.489 e. The van der Waals surface area contributed by atoms with Crippen LogP contribution >= 0.6 is 27.5 Å². The van der Waals surface area contributed by atoms with Crippen LogP contribution in [0.1, 0.15) is 17.5 Å². The topological polar surface area (TPSA) is 35.5 Å². The third kappa shape index (κ3) is 5.04. The van der Waals surface area contributed by atoms with E-state index in [-0.39, 0.29) is 5.97 Å². The van der Waals surface area contributed by atoms with Crippen LogP contribution in [0.3, 0.4) is 0 Å². The van der Waals surface area contributed by atoms with Crippen molar-refractivity contribution >= 4 is 33.5 Å². The second-order valence-corrected chi connectivity index (χ2v) is 6.07. The molecular weight excluding hydrogens is 368 g/mol. The van der Waals surface area contributed by atoms with Crippen LogP contribution in [0.15, 0.2) is 46.9 Å². The van der Waals surface area contributed by atoms with Crippen molar-refractivity contribution in [3.63, 3.8) is 0 Å². The molecule has 0 aromatic heterocycles. The van der Waals surface area contributed by atoms with Gasteiger partial charge in [-0.3, -0.25) is 4.79 Å². The Kier molecular flexibility index (Phi) is 6.28. The van der Waals surface area contributed by atoms with Gasteiger partial charge in [-0.2, -0.15) is 0 Å². The standard InChI is InChI=1S/C17H16BrClO3/c1-21-17(20)9-4-12-2-6-15(7-3-12)22-11-13-10-14(18)5-8-16(13)19/h2-3,5-8,10H,4,9,11H2,1H3. The first-order chi connectivity index (χ1) is 10.6. The molecule has 0 aliphatic carbocycles. The second kappa shape index (κ2) is 8.20. The van der Waals surface area contributed by atoms with Gasteiger partial charge in [0, 0.05) is 21.5 Å². The van der Waals surface area contributed by atoms with E-state index in [2.05, 4.69) is 20.7 Å². The van der Waals surface area contributed by atoms with Gasteiger partial charge in [0.15, 0.2) is 0 Å². The molecule has 2 aromatic rings. The molecule has 0 radical (unpaired) electrons. The van der Waals surface area contributed by atoms with E-state index in [1.165, 1.54) is 7.11 Å². The molecule has 3 nitrogen and oxygen atoms in total. The molecule has 116 valence electrons. The summed E-state index contributed by atoms with van der Waals surface area (Å²) in [7, 11) is 1.40. The number of rotatable bonds is 6. The van der Waals surface area contributed by atoms with E-state index in [1.807, 2.05) is 42.5 Å². The fraction of sp³-hybridized carbons (Fsp3) is 0.235. The number of methoxy groups -OCH3 is 1. The minimum atomic E-state index is -0.204. The van der Waals surface area contributed by atoms with Crippen LogP contribution in [-0.2, 0) is 22.6 Å². The zero-order chi connectivity index (χ0) is 15.9. The molecule has 0 amide bonds. The Morgan fingerprint density at radius 2 is 1.91 bits per heavy atom. The lowest BCUT2D eigenvalue weighted by Crippen LogP contribution is -2.02. The van der Waals surface area contributed by atoms with Crippen molar-refractivity contribution in [2.24, 2.45) is 0 Å². The highest BCUT2D eigenvalue weighted by Crippen LogP contribution is 2.23. The van der Waals surface area contributed by atoms with E-state index in [9.17, 15) is 4.79 Å². The summed E-state index contributed by atoms with van der Waals surface area (Å²) in [5.74, 6) is 0.558. The highest BCUT2D eigenvalue weighted by Gasteiger charge is 2.04. The summed E-state index contributed by atoms with van der Waals surface area (Å²) in [6, 6.07) is 13.3. The van der Waals surface area contributed by atoms with Crippen molar-refractivity contribution in [2.45, 2.75) is 19.4 Å². The third-order valence-corrected chi connectivity index (χ3v) is 4.03. The number of hydrogen-bond acceptors (Lipinski definition) is 3. The molecule has 0 N–H and O–H groups in total. The van der Waals surface area contributed by atoms with Crippen molar-refractivity contribution in [1.82, 2.24) is 0 Å². The predicted molar refractivity (Wildman–Crippen MR) is 90.3 cm³/mol. The molecular formula is C17H16BrClO3. The monoisotopic (exact) mass is 382 g/mol. The Morgan fingerprint density at radius 3 is 2.59 bits per heavy atom. The maximum absolute atomic E-state index is 11.1. The molecule has 0 spiro atoms. The normalized spacial score (nSPS) is 10.3.